The lowest BCUT2D eigenvalue weighted by Gasteiger charge is -2.17. The molecule has 0 spiro atoms. The summed E-state index contributed by atoms with van der Waals surface area (Å²) in [4.78, 5) is 14.9. The van der Waals surface area contributed by atoms with Crippen molar-refractivity contribution in [1.82, 2.24) is 0 Å². The molecule has 0 aromatic heterocycles. The Morgan fingerprint density at radius 1 is 0.964 bits per heavy atom. The van der Waals surface area contributed by atoms with Gasteiger partial charge < -0.3 is 5.11 Å². The highest BCUT2D eigenvalue weighted by molar-refractivity contribution is 6.39. The van der Waals surface area contributed by atoms with Gasteiger partial charge in [0, 0.05) is 16.8 Å². The molecule has 0 saturated heterocycles. The van der Waals surface area contributed by atoms with Crippen molar-refractivity contribution in [3.63, 3.8) is 0 Å². The minimum Gasteiger partial charge on any atom is -0.506 e. The molecule has 0 bridgehead atoms. The third kappa shape index (κ3) is 2.69. The second-order valence-corrected chi connectivity index (χ2v) is 7.26. The monoisotopic (exact) mass is 371 g/mol. The number of halogens is 1. The fourth-order valence-corrected chi connectivity index (χ4v) is 3.79. The summed E-state index contributed by atoms with van der Waals surface area (Å²) in [5, 5.41) is 10.8. The average Bonchev–Trinajstić information content (AvgIpc) is 3.51. The zero-order valence-electron chi connectivity index (χ0n) is 15.1. The van der Waals surface area contributed by atoms with Gasteiger partial charge in [-0.25, -0.2) is 4.39 Å². The van der Waals surface area contributed by atoms with Crippen molar-refractivity contribution in [3.05, 3.63) is 95.3 Å². The number of carbonyl (C=O) groups is 1. The van der Waals surface area contributed by atoms with Crippen LogP contribution in [0, 0.1) is 5.82 Å². The number of aliphatic hydroxyl groups is 1. The molecule has 1 saturated carbocycles. The molecule has 1 fully saturated rings. The average molecular weight is 371 g/mol. The molecule has 0 radical (unpaired) electrons. The third-order valence-electron chi connectivity index (χ3n) is 5.37. The Balaban J connectivity index is 1.63. The van der Waals surface area contributed by atoms with Crippen LogP contribution in [0.25, 0.3) is 11.3 Å². The van der Waals surface area contributed by atoms with E-state index in [1.165, 1.54) is 36.6 Å². The molecular formula is C24H18FNO2. The predicted octanol–water partition coefficient (Wildman–Crippen LogP) is 5.81. The summed E-state index contributed by atoms with van der Waals surface area (Å²) >= 11 is 0. The highest BCUT2D eigenvalue weighted by Crippen LogP contribution is 2.45. The summed E-state index contributed by atoms with van der Waals surface area (Å²) in [5.41, 5.74) is 3.87. The number of carbonyl (C=O) groups excluding carboxylic acids is 1. The summed E-state index contributed by atoms with van der Waals surface area (Å²) in [7, 11) is 0. The van der Waals surface area contributed by atoms with Crippen LogP contribution >= 0.6 is 0 Å². The maximum absolute atomic E-state index is 13.6. The molecule has 3 aromatic rings. The highest BCUT2D eigenvalue weighted by Gasteiger charge is 2.36. The molecule has 4 heteroatoms. The molecule has 1 aliphatic heterocycles. The van der Waals surface area contributed by atoms with Gasteiger partial charge in [-0.3, -0.25) is 9.69 Å². The van der Waals surface area contributed by atoms with Crippen molar-refractivity contribution in [2.75, 3.05) is 4.90 Å². The van der Waals surface area contributed by atoms with E-state index in [-0.39, 0.29) is 22.8 Å². The van der Waals surface area contributed by atoms with Gasteiger partial charge in [-0.15, -0.1) is 0 Å². The first-order valence-electron chi connectivity index (χ1n) is 9.36. The summed E-state index contributed by atoms with van der Waals surface area (Å²) in [6.07, 6.45) is 2.44. The van der Waals surface area contributed by atoms with Gasteiger partial charge in [0.05, 0.1) is 11.3 Å². The van der Waals surface area contributed by atoms with Crippen LogP contribution in [0.4, 0.5) is 15.8 Å². The fourth-order valence-electron chi connectivity index (χ4n) is 3.79. The molecule has 28 heavy (non-hydrogen) atoms. The summed E-state index contributed by atoms with van der Waals surface area (Å²) < 4.78 is 13.6. The molecule has 138 valence electrons. The van der Waals surface area contributed by atoms with Crippen molar-refractivity contribution >= 4 is 28.6 Å². The number of aliphatic hydroxyl groups excluding tert-OH is 1. The molecule has 3 nitrogen and oxygen atoms in total. The molecule has 5 rings (SSSR count). The normalized spacial score (nSPS) is 17.6. The molecule has 2 aliphatic rings. The molecule has 0 unspecified atom stereocenters. The second kappa shape index (κ2) is 6.34. The van der Waals surface area contributed by atoms with Crippen LogP contribution in [-0.2, 0) is 4.79 Å². The van der Waals surface area contributed by atoms with E-state index in [9.17, 15) is 14.3 Å². The minimum absolute atomic E-state index is 0.187. The van der Waals surface area contributed by atoms with Crippen LogP contribution in [0.3, 0.4) is 0 Å². The Labute approximate surface area is 162 Å². The van der Waals surface area contributed by atoms with Crippen molar-refractivity contribution in [1.29, 1.82) is 0 Å². The maximum Gasteiger partial charge on any atom is 0.267 e. The second-order valence-electron chi connectivity index (χ2n) is 7.26. The fraction of sp³-hybridized carbons (Fsp3) is 0.125. The van der Waals surface area contributed by atoms with Gasteiger partial charge in [-0.05, 0) is 54.7 Å². The van der Waals surface area contributed by atoms with Gasteiger partial charge in [-0.1, -0.05) is 42.5 Å². The van der Waals surface area contributed by atoms with Crippen LogP contribution in [0.15, 0.2) is 72.8 Å². The summed E-state index contributed by atoms with van der Waals surface area (Å²) in [6, 6.07) is 21.0. The van der Waals surface area contributed by atoms with Gasteiger partial charge in [-0.2, -0.15) is 0 Å². The molecule has 1 heterocycles. The summed E-state index contributed by atoms with van der Waals surface area (Å²) in [5.74, 6) is -0.352. The molecular weight excluding hydrogens is 353 g/mol. The number of hydrogen-bond acceptors (Lipinski definition) is 2. The SMILES string of the molecule is O=C1C(=C(O)c2cccc(F)c2)c2ccccc2N1c1ccc(C2CC2)cc1. The Morgan fingerprint density at radius 3 is 2.43 bits per heavy atom. The van der Waals surface area contributed by atoms with Gasteiger partial charge in [0.1, 0.15) is 11.6 Å². The number of para-hydroxylation sites is 1. The van der Waals surface area contributed by atoms with Crippen molar-refractivity contribution in [2.45, 2.75) is 18.8 Å². The van der Waals surface area contributed by atoms with E-state index in [4.69, 9.17) is 0 Å². The van der Waals surface area contributed by atoms with E-state index in [0.717, 1.165) is 5.69 Å². The standard InChI is InChI=1S/C24H18FNO2/c25-18-5-3-4-17(14-18)23(27)22-20-6-1-2-7-21(20)26(24(22)28)19-12-10-16(11-13-19)15-8-9-15/h1-7,10-15,27H,8-9H2. The van der Waals surface area contributed by atoms with Crippen molar-refractivity contribution in [2.24, 2.45) is 0 Å². The largest absolute Gasteiger partial charge is 0.506 e. The number of anilines is 2. The smallest absolute Gasteiger partial charge is 0.267 e. The van der Waals surface area contributed by atoms with E-state index in [1.54, 1.807) is 17.0 Å². The highest BCUT2D eigenvalue weighted by atomic mass is 19.1. The van der Waals surface area contributed by atoms with E-state index in [2.05, 4.69) is 12.1 Å². The van der Waals surface area contributed by atoms with E-state index >= 15 is 0 Å². The van der Waals surface area contributed by atoms with Gasteiger partial charge in [0.2, 0.25) is 0 Å². The van der Waals surface area contributed by atoms with Crippen LogP contribution in [0.5, 0.6) is 0 Å². The maximum atomic E-state index is 13.6. The quantitative estimate of drug-likeness (QED) is 0.466. The van der Waals surface area contributed by atoms with E-state index in [1.807, 2.05) is 30.3 Å². The number of hydrogen-bond donors (Lipinski definition) is 1. The number of amides is 1. The molecule has 0 atom stereocenters. The van der Waals surface area contributed by atoms with E-state index < -0.39 is 5.82 Å². The lowest BCUT2D eigenvalue weighted by atomic mass is 10.0. The Kier molecular flexibility index (Phi) is 3.79. The van der Waals surface area contributed by atoms with Crippen LogP contribution in [-0.4, -0.2) is 11.0 Å². The van der Waals surface area contributed by atoms with Crippen LogP contribution in [0.1, 0.15) is 35.4 Å². The Hall–Kier alpha value is -3.40. The lowest BCUT2D eigenvalue weighted by molar-refractivity contribution is -0.112. The number of rotatable bonds is 3. The predicted molar refractivity (Wildman–Crippen MR) is 108 cm³/mol. The van der Waals surface area contributed by atoms with Crippen LogP contribution in [0.2, 0.25) is 0 Å². The Bertz CT molecular complexity index is 1110. The number of fused-ring (bicyclic) bond motifs is 1. The van der Waals surface area contributed by atoms with E-state index in [0.29, 0.717) is 17.2 Å². The first-order valence-corrected chi connectivity index (χ1v) is 9.36. The topological polar surface area (TPSA) is 40.5 Å². The molecule has 3 aromatic carbocycles. The first-order chi connectivity index (χ1) is 13.6. The van der Waals surface area contributed by atoms with Gasteiger partial charge >= 0.3 is 0 Å². The van der Waals surface area contributed by atoms with Crippen molar-refractivity contribution in [3.8, 4) is 0 Å². The number of benzene rings is 3. The first kappa shape index (κ1) is 16.8. The van der Waals surface area contributed by atoms with Crippen LogP contribution < -0.4 is 4.90 Å². The van der Waals surface area contributed by atoms with Crippen molar-refractivity contribution < 1.29 is 14.3 Å². The molecule has 1 aliphatic carbocycles. The van der Waals surface area contributed by atoms with Gasteiger partial charge in [0.15, 0.2) is 0 Å². The lowest BCUT2D eigenvalue weighted by Crippen LogP contribution is -2.21. The molecule has 1 amide bonds. The van der Waals surface area contributed by atoms with Gasteiger partial charge in [0.25, 0.3) is 5.91 Å². The molecule has 1 N–H and O–H groups in total. The zero-order valence-corrected chi connectivity index (χ0v) is 15.1. The third-order valence-corrected chi connectivity index (χ3v) is 5.37. The number of nitrogens with zero attached hydrogens (tertiary/aromatic N) is 1. The minimum atomic E-state index is -0.462. The zero-order chi connectivity index (χ0) is 19.3. The summed E-state index contributed by atoms with van der Waals surface area (Å²) in [6.45, 7) is 0. The Morgan fingerprint density at radius 2 is 1.71 bits per heavy atom.